The van der Waals surface area contributed by atoms with Gasteiger partial charge in [0.05, 0.1) is 17.5 Å². The van der Waals surface area contributed by atoms with Crippen molar-refractivity contribution in [1.82, 2.24) is 19.7 Å². The first-order chi connectivity index (χ1) is 9.22. The Kier molecular flexibility index (Phi) is 4.21. The molecule has 2 N–H and O–H groups in total. The van der Waals surface area contributed by atoms with Crippen molar-refractivity contribution in [2.24, 2.45) is 0 Å². The number of H-pyrrole nitrogens is 1. The monoisotopic (exact) mass is 277 g/mol. The predicted molar refractivity (Wildman–Crippen MR) is 73.1 cm³/mol. The van der Waals surface area contributed by atoms with Crippen molar-refractivity contribution in [2.45, 2.75) is 13.0 Å². The van der Waals surface area contributed by atoms with Gasteiger partial charge in [-0.2, -0.15) is 5.10 Å². The summed E-state index contributed by atoms with van der Waals surface area (Å²) in [5.41, 5.74) is 0.961. The van der Waals surface area contributed by atoms with Gasteiger partial charge in [-0.05, 0) is 0 Å². The van der Waals surface area contributed by atoms with Crippen molar-refractivity contribution in [3.05, 3.63) is 39.8 Å². The van der Waals surface area contributed by atoms with E-state index in [1.807, 2.05) is 0 Å². The minimum absolute atomic E-state index is 0.116. The van der Waals surface area contributed by atoms with Gasteiger partial charge in [0.1, 0.15) is 12.2 Å². The molecule has 0 amide bonds. The number of aromatic nitrogens is 4. The molecule has 6 nitrogen and oxygen atoms in total. The molecule has 2 aromatic rings. The molecule has 0 saturated heterocycles. The number of hydrogen-bond acceptors (Lipinski definition) is 4. The molecule has 19 heavy (non-hydrogen) atoms. The van der Waals surface area contributed by atoms with Gasteiger partial charge in [0, 0.05) is 24.9 Å². The fourth-order valence-corrected chi connectivity index (χ4v) is 1.76. The lowest BCUT2D eigenvalue weighted by Crippen LogP contribution is -2.26. The standard InChI is InChI=1S/C12H12ClN5O/c1-2-5-18-12(19)11(10(13)7-17-18)15-4-3-9-6-14-8-16-9/h1,6-8,15H,3-5H2,(H,14,16). The van der Waals surface area contributed by atoms with E-state index in [2.05, 4.69) is 26.3 Å². The number of hydrogen-bond donors (Lipinski definition) is 2. The third-order valence-electron chi connectivity index (χ3n) is 2.49. The Labute approximate surface area is 114 Å². The highest BCUT2D eigenvalue weighted by atomic mass is 35.5. The van der Waals surface area contributed by atoms with Gasteiger partial charge in [-0.1, -0.05) is 17.5 Å². The van der Waals surface area contributed by atoms with Crippen LogP contribution in [0.4, 0.5) is 5.69 Å². The van der Waals surface area contributed by atoms with Crippen molar-refractivity contribution in [3.63, 3.8) is 0 Å². The predicted octanol–water partition coefficient (Wildman–Crippen LogP) is 0.908. The zero-order valence-corrected chi connectivity index (χ0v) is 10.8. The van der Waals surface area contributed by atoms with Gasteiger partial charge in [-0.3, -0.25) is 4.79 Å². The number of rotatable bonds is 5. The molecule has 0 aliphatic rings. The molecular formula is C12H12ClN5O. The van der Waals surface area contributed by atoms with Crippen LogP contribution in [0.2, 0.25) is 5.02 Å². The van der Waals surface area contributed by atoms with Crippen LogP contribution in [-0.4, -0.2) is 26.3 Å². The summed E-state index contributed by atoms with van der Waals surface area (Å²) in [5, 5.41) is 7.14. The van der Waals surface area contributed by atoms with Crippen molar-refractivity contribution in [2.75, 3.05) is 11.9 Å². The summed E-state index contributed by atoms with van der Waals surface area (Å²) in [6.07, 6.45) is 10.6. The molecule has 0 aliphatic carbocycles. The van der Waals surface area contributed by atoms with Crippen LogP contribution < -0.4 is 10.9 Å². The first-order valence-electron chi connectivity index (χ1n) is 5.62. The lowest BCUT2D eigenvalue weighted by Gasteiger charge is -2.08. The summed E-state index contributed by atoms with van der Waals surface area (Å²) in [6, 6.07) is 0. The second-order valence-corrected chi connectivity index (χ2v) is 4.20. The lowest BCUT2D eigenvalue weighted by molar-refractivity contribution is 0.664. The Hall–Kier alpha value is -2.26. The van der Waals surface area contributed by atoms with E-state index in [-0.39, 0.29) is 17.1 Å². The molecule has 0 saturated carbocycles. The summed E-state index contributed by atoms with van der Waals surface area (Å²) in [7, 11) is 0. The van der Waals surface area contributed by atoms with Crippen LogP contribution >= 0.6 is 11.6 Å². The van der Waals surface area contributed by atoms with Crippen LogP contribution in [0.25, 0.3) is 0 Å². The SMILES string of the molecule is C#CCn1ncc(Cl)c(NCCc2cnc[nH]2)c1=O. The zero-order chi connectivity index (χ0) is 13.7. The van der Waals surface area contributed by atoms with E-state index in [4.69, 9.17) is 18.0 Å². The van der Waals surface area contributed by atoms with E-state index >= 15 is 0 Å². The number of halogens is 1. The van der Waals surface area contributed by atoms with Crippen LogP contribution in [-0.2, 0) is 13.0 Å². The summed E-state index contributed by atoms with van der Waals surface area (Å²) in [6.45, 7) is 0.669. The van der Waals surface area contributed by atoms with Crippen molar-refractivity contribution in [1.29, 1.82) is 0 Å². The largest absolute Gasteiger partial charge is 0.379 e. The van der Waals surface area contributed by atoms with E-state index in [9.17, 15) is 4.79 Å². The number of nitrogens with zero attached hydrogens (tertiary/aromatic N) is 3. The molecule has 0 spiro atoms. The summed E-state index contributed by atoms with van der Waals surface area (Å²) in [4.78, 5) is 18.9. The van der Waals surface area contributed by atoms with Crippen LogP contribution in [0.1, 0.15) is 5.69 Å². The van der Waals surface area contributed by atoms with E-state index in [1.54, 1.807) is 12.5 Å². The molecule has 2 rings (SSSR count). The highest BCUT2D eigenvalue weighted by molar-refractivity contribution is 6.32. The molecular weight excluding hydrogens is 266 g/mol. The molecule has 0 aliphatic heterocycles. The number of anilines is 1. The van der Waals surface area contributed by atoms with Gasteiger partial charge in [-0.25, -0.2) is 9.67 Å². The third-order valence-corrected chi connectivity index (χ3v) is 2.78. The molecule has 0 radical (unpaired) electrons. The number of imidazole rings is 1. The maximum absolute atomic E-state index is 12.0. The second kappa shape index (κ2) is 6.07. The molecule has 2 aromatic heterocycles. The van der Waals surface area contributed by atoms with Gasteiger partial charge in [0.2, 0.25) is 0 Å². The molecule has 0 fully saturated rings. The van der Waals surface area contributed by atoms with Crippen molar-refractivity contribution in [3.8, 4) is 12.3 Å². The maximum Gasteiger partial charge on any atom is 0.292 e. The van der Waals surface area contributed by atoms with Crippen LogP contribution in [0.15, 0.2) is 23.5 Å². The average Bonchev–Trinajstić information content (AvgIpc) is 2.90. The molecule has 0 bridgehead atoms. The molecule has 0 atom stereocenters. The molecule has 0 unspecified atom stereocenters. The van der Waals surface area contributed by atoms with Crippen molar-refractivity contribution < 1.29 is 0 Å². The maximum atomic E-state index is 12.0. The Balaban J connectivity index is 2.09. The van der Waals surface area contributed by atoms with Gasteiger partial charge in [-0.15, -0.1) is 6.42 Å². The van der Waals surface area contributed by atoms with Crippen LogP contribution in [0.5, 0.6) is 0 Å². The van der Waals surface area contributed by atoms with E-state index in [1.165, 1.54) is 10.9 Å². The number of terminal acetylenes is 1. The van der Waals surface area contributed by atoms with Gasteiger partial charge < -0.3 is 10.3 Å². The Bertz CT molecular complexity index is 641. The topological polar surface area (TPSA) is 75.6 Å². The fourth-order valence-electron chi connectivity index (χ4n) is 1.57. The zero-order valence-electron chi connectivity index (χ0n) is 10.1. The highest BCUT2D eigenvalue weighted by Gasteiger charge is 2.09. The summed E-state index contributed by atoms with van der Waals surface area (Å²) < 4.78 is 1.18. The van der Waals surface area contributed by atoms with Gasteiger partial charge in [0.15, 0.2) is 0 Å². The Morgan fingerprint density at radius 2 is 2.37 bits per heavy atom. The van der Waals surface area contributed by atoms with Crippen molar-refractivity contribution >= 4 is 17.3 Å². The normalized spacial score (nSPS) is 10.1. The van der Waals surface area contributed by atoms with E-state index in [0.29, 0.717) is 18.7 Å². The molecule has 98 valence electrons. The minimum atomic E-state index is -0.324. The third kappa shape index (κ3) is 3.14. The van der Waals surface area contributed by atoms with Gasteiger partial charge in [0.25, 0.3) is 5.56 Å². The molecule has 2 heterocycles. The highest BCUT2D eigenvalue weighted by Crippen LogP contribution is 2.14. The van der Waals surface area contributed by atoms with E-state index < -0.39 is 0 Å². The quantitative estimate of drug-likeness (QED) is 0.797. The second-order valence-electron chi connectivity index (χ2n) is 3.79. The average molecular weight is 278 g/mol. The van der Waals surface area contributed by atoms with Crippen LogP contribution in [0, 0.1) is 12.3 Å². The summed E-state index contributed by atoms with van der Waals surface area (Å²) >= 11 is 5.95. The minimum Gasteiger partial charge on any atom is -0.379 e. The first kappa shape index (κ1) is 13.2. The van der Waals surface area contributed by atoms with E-state index in [0.717, 1.165) is 5.69 Å². The smallest absolute Gasteiger partial charge is 0.292 e. The van der Waals surface area contributed by atoms with Gasteiger partial charge >= 0.3 is 0 Å². The number of aromatic amines is 1. The Morgan fingerprint density at radius 1 is 1.53 bits per heavy atom. The lowest BCUT2D eigenvalue weighted by atomic mass is 10.3. The van der Waals surface area contributed by atoms with Crippen LogP contribution in [0.3, 0.4) is 0 Å². The molecule has 0 aromatic carbocycles. The summed E-state index contributed by atoms with van der Waals surface area (Å²) in [5.74, 6) is 2.37. The number of nitrogens with one attached hydrogen (secondary N) is 2. The first-order valence-corrected chi connectivity index (χ1v) is 6.00. The molecule has 7 heteroatoms. The Morgan fingerprint density at radius 3 is 3.05 bits per heavy atom. The fraction of sp³-hybridized carbons (Fsp3) is 0.250.